The second-order valence-corrected chi connectivity index (χ2v) is 7.94. The van der Waals surface area contributed by atoms with E-state index < -0.39 is 0 Å². The van der Waals surface area contributed by atoms with Gasteiger partial charge >= 0.3 is 0 Å². The molecule has 2 fully saturated rings. The summed E-state index contributed by atoms with van der Waals surface area (Å²) >= 11 is 0. The number of nitrogens with zero attached hydrogens (tertiary/aromatic N) is 1. The number of hydrogen-bond acceptors (Lipinski definition) is 4. The molecular formula is C22H26N2O3. The fourth-order valence-electron chi connectivity index (χ4n) is 3.55. The van der Waals surface area contributed by atoms with Crippen molar-refractivity contribution in [3.8, 4) is 0 Å². The molecule has 5 heteroatoms. The van der Waals surface area contributed by atoms with Crippen LogP contribution >= 0.6 is 0 Å². The molecule has 2 aliphatic rings. The maximum absolute atomic E-state index is 12.5. The van der Waals surface area contributed by atoms with E-state index in [4.69, 9.17) is 4.42 Å². The van der Waals surface area contributed by atoms with Crippen LogP contribution in [0.5, 0.6) is 0 Å². The Morgan fingerprint density at radius 1 is 1.22 bits per heavy atom. The van der Waals surface area contributed by atoms with Crippen LogP contribution in [-0.2, 0) is 11.3 Å². The van der Waals surface area contributed by atoms with E-state index in [0.717, 1.165) is 30.3 Å². The third kappa shape index (κ3) is 4.48. The summed E-state index contributed by atoms with van der Waals surface area (Å²) in [5.74, 6) is 3.24. The minimum atomic E-state index is -0.0646. The summed E-state index contributed by atoms with van der Waals surface area (Å²) in [5, 5.41) is 2.91. The topological polar surface area (TPSA) is 62.6 Å². The number of Topliss-reactive ketones (excluding diaryl/α,β-unsaturated/α-hetero) is 1. The molecule has 27 heavy (non-hydrogen) atoms. The molecule has 0 saturated heterocycles. The summed E-state index contributed by atoms with van der Waals surface area (Å²) in [6.45, 7) is 4.75. The van der Waals surface area contributed by atoms with Gasteiger partial charge in [0.1, 0.15) is 11.5 Å². The van der Waals surface area contributed by atoms with Crippen LogP contribution in [-0.4, -0.2) is 29.2 Å². The normalized spacial score (nSPS) is 21.3. The Bertz CT molecular complexity index is 853. The van der Waals surface area contributed by atoms with E-state index in [1.807, 2.05) is 6.07 Å². The predicted octanol–water partition coefficient (Wildman–Crippen LogP) is 4.21. The first-order valence-corrected chi connectivity index (χ1v) is 9.73. The maximum Gasteiger partial charge on any atom is 0.238 e. The summed E-state index contributed by atoms with van der Waals surface area (Å²) in [5.41, 5.74) is 1.26. The number of hydrogen-bond donors (Lipinski definition) is 1. The highest BCUT2D eigenvalue weighted by atomic mass is 16.3. The van der Waals surface area contributed by atoms with Crippen LogP contribution in [0.1, 0.15) is 60.9 Å². The molecule has 0 spiro atoms. The van der Waals surface area contributed by atoms with E-state index in [0.29, 0.717) is 36.3 Å². The molecule has 1 aromatic heterocycles. The fraction of sp³-hybridized carbons (Fsp3) is 0.455. The lowest BCUT2D eigenvalue weighted by molar-refractivity contribution is -0.117. The molecule has 142 valence electrons. The second kappa shape index (κ2) is 7.31. The van der Waals surface area contributed by atoms with Gasteiger partial charge in [-0.1, -0.05) is 19.1 Å². The standard InChI is InChI=1S/C22H26N2O3/c1-14-10-20(14)21-9-8-19(27-21)12-24(18-6-7-18)13-22(26)23-17-5-3-4-16(11-17)15(2)25/h3-5,8-9,11,14,18,20H,6-7,10,12-13H2,1-2H3,(H,23,26). The highest BCUT2D eigenvalue weighted by Gasteiger charge is 2.37. The van der Waals surface area contributed by atoms with Gasteiger partial charge in [0.05, 0.1) is 13.1 Å². The molecule has 0 radical (unpaired) electrons. The average Bonchev–Trinajstić information content (AvgIpc) is 3.55. The van der Waals surface area contributed by atoms with E-state index in [9.17, 15) is 9.59 Å². The Hall–Kier alpha value is -2.40. The number of carbonyl (C=O) groups excluding carboxylic acids is 2. The summed E-state index contributed by atoms with van der Waals surface area (Å²) in [6.07, 6.45) is 3.46. The molecule has 2 aliphatic carbocycles. The summed E-state index contributed by atoms with van der Waals surface area (Å²) in [4.78, 5) is 26.2. The van der Waals surface area contributed by atoms with Gasteiger partial charge in [-0.15, -0.1) is 0 Å². The predicted molar refractivity (Wildman–Crippen MR) is 104 cm³/mol. The Labute approximate surface area is 159 Å². The van der Waals surface area contributed by atoms with Gasteiger partial charge in [0.25, 0.3) is 0 Å². The number of benzene rings is 1. The molecule has 1 N–H and O–H groups in total. The van der Waals surface area contributed by atoms with Crippen molar-refractivity contribution in [2.24, 2.45) is 5.92 Å². The zero-order chi connectivity index (χ0) is 19.0. The number of anilines is 1. The van der Waals surface area contributed by atoms with Crippen molar-refractivity contribution < 1.29 is 14.0 Å². The van der Waals surface area contributed by atoms with Gasteiger partial charge in [-0.25, -0.2) is 0 Å². The molecule has 5 nitrogen and oxygen atoms in total. The molecular weight excluding hydrogens is 340 g/mol. The lowest BCUT2D eigenvalue weighted by atomic mass is 10.1. The zero-order valence-corrected chi connectivity index (χ0v) is 15.9. The molecule has 4 rings (SSSR count). The molecule has 2 aromatic rings. The first-order valence-electron chi connectivity index (χ1n) is 9.73. The van der Waals surface area contributed by atoms with Gasteiger partial charge in [-0.3, -0.25) is 14.5 Å². The molecule has 2 atom stereocenters. The Morgan fingerprint density at radius 2 is 2.00 bits per heavy atom. The van der Waals surface area contributed by atoms with E-state index >= 15 is 0 Å². The van der Waals surface area contributed by atoms with E-state index in [1.165, 1.54) is 13.3 Å². The minimum Gasteiger partial charge on any atom is -0.464 e. The fourth-order valence-corrected chi connectivity index (χ4v) is 3.55. The highest BCUT2D eigenvalue weighted by Crippen LogP contribution is 2.47. The largest absolute Gasteiger partial charge is 0.464 e. The number of carbonyl (C=O) groups is 2. The molecule has 0 bridgehead atoms. The third-order valence-corrected chi connectivity index (χ3v) is 5.48. The van der Waals surface area contributed by atoms with E-state index in [2.05, 4.69) is 23.2 Å². The lowest BCUT2D eigenvalue weighted by Gasteiger charge is -2.20. The number of nitrogens with one attached hydrogen (secondary N) is 1. The lowest BCUT2D eigenvalue weighted by Crippen LogP contribution is -2.34. The maximum atomic E-state index is 12.5. The summed E-state index contributed by atoms with van der Waals surface area (Å²) in [7, 11) is 0. The summed E-state index contributed by atoms with van der Waals surface area (Å²) in [6, 6.07) is 11.6. The van der Waals surface area contributed by atoms with Crippen molar-refractivity contribution in [2.45, 2.75) is 51.6 Å². The van der Waals surface area contributed by atoms with Crippen molar-refractivity contribution in [3.63, 3.8) is 0 Å². The highest BCUT2D eigenvalue weighted by molar-refractivity contribution is 5.97. The van der Waals surface area contributed by atoms with Crippen LogP contribution in [0.3, 0.4) is 0 Å². The van der Waals surface area contributed by atoms with Crippen molar-refractivity contribution in [2.75, 3.05) is 11.9 Å². The quantitative estimate of drug-likeness (QED) is 0.711. The molecule has 2 unspecified atom stereocenters. The van der Waals surface area contributed by atoms with Crippen LogP contribution in [0, 0.1) is 5.92 Å². The first kappa shape index (κ1) is 18.0. The number of amides is 1. The Morgan fingerprint density at radius 3 is 2.67 bits per heavy atom. The van der Waals surface area contributed by atoms with Crippen LogP contribution in [0.4, 0.5) is 5.69 Å². The number of rotatable bonds is 8. The number of furan rings is 1. The van der Waals surface area contributed by atoms with Crippen LogP contribution < -0.4 is 5.32 Å². The van der Waals surface area contributed by atoms with Crippen LogP contribution in [0.25, 0.3) is 0 Å². The van der Waals surface area contributed by atoms with Gasteiger partial charge < -0.3 is 9.73 Å². The van der Waals surface area contributed by atoms with Gasteiger partial charge in [0.2, 0.25) is 5.91 Å². The van der Waals surface area contributed by atoms with Gasteiger partial charge in [0, 0.05) is 23.2 Å². The Kier molecular flexibility index (Phi) is 4.87. The molecule has 1 amide bonds. The van der Waals surface area contributed by atoms with Crippen molar-refractivity contribution >= 4 is 17.4 Å². The molecule has 1 heterocycles. The first-order chi connectivity index (χ1) is 13.0. The zero-order valence-electron chi connectivity index (χ0n) is 15.9. The van der Waals surface area contributed by atoms with Crippen LogP contribution in [0.2, 0.25) is 0 Å². The molecule has 2 saturated carbocycles. The average molecular weight is 366 g/mol. The van der Waals surface area contributed by atoms with Crippen LogP contribution in [0.15, 0.2) is 40.8 Å². The number of ketones is 1. The van der Waals surface area contributed by atoms with Gasteiger partial charge in [-0.05, 0) is 56.4 Å². The summed E-state index contributed by atoms with van der Waals surface area (Å²) < 4.78 is 6.02. The minimum absolute atomic E-state index is 0.00990. The van der Waals surface area contributed by atoms with E-state index in [1.54, 1.807) is 24.3 Å². The third-order valence-electron chi connectivity index (χ3n) is 5.48. The van der Waals surface area contributed by atoms with E-state index in [-0.39, 0.29) is 11.7 Å². The second-order valence-electron chi connectivity index (χ2n) is 7.94. The van der Waals surface area contributed by atoms with Gasteiger partial charge in [-0.2, -0.15) is 0 Å². The van der Waals surface area contributed by atoms with Crippen molar-refractivity contribution in [1.82, 2.24) is 4.90 Å². The smallest absolute Gasteiger partial charge is 0.238 e. The molecule has 1 aromatic carbocycles. The monoisotopic (exact) mass is 366 g/mol. The molecule has 0 aliphatic heterocycles. The van der Waals surface area contributed by atoms with Crippen molar-refractivity contribution in [1.29, 1.82) is 0 Å². The van der Waals surface area contributed by atoms with Gasteiger partial charge in [0.15, 0.2) is 5.78 Å². The SMILES string of the molecule is CC(=O)c1cccc(NC(=O)CN(Cc2ccc(C3CC3C)o2)C2CC2)c1. The van der Waals surface area contributed by atoms with Crippen molar-refractivity contribution in [3.05, 3.63) is 53.5 Å². The Balaban J connectivity index is 1.37.